The minimum atomic E-state index is -0.685. The number of hydrogen-bond donors (Lipinski definition) is 4. The number of amides is 1. The molecule has 2 aromatic carbocycles. The van der Waals surface area contributed by atoms with Crippen LogP contribution in [0.15, 0.2) is 48.7 Å². The lowest BCUT2D eigenvalue weighted by atomic mass is 10.1. The van der Waals surface area contributed by atoms with Crippen molar-refractivity contribution in [2.75, 3.05) is 47.6 Å². The molecule has 1 aromatic heterocycles. The Kier molecular flexibility index (Phi) is 6.55. The molecule has 10 heteroatoms. The van der Waals surface area contributed by atoms with Gasteiger partial charge in [-0.25, -0.2) is 13.8 Å². The summed E-state index contributed by atoms with van der Waals surface area (Å²) in [4.78, 5) is 18.3. The number of carbonyl (C=O) groups excluding carboxylic acids is 1. The van der Waals surface area contributed by atoms with Gasteiger partial charge in [-0.2, -0.15) is 0 Å². The van der Waals surface area contributed by atoms with Crippen LogP contribution in [0.3, 0.4) is 0 Å². The number of nitrogen functional groups attached to an aromatic ring is 1. The molecule has 0 spiro atoms. The van der Waals surface area contributed by atoms with E-state index in [0.717, 1.165) is 24.8 Å². The first kappa shape index (κ1) is 22.3. The molecule has 6 N–H and O–H groups in total. The molecule has 1 aliphatic heterocycles. The molecule has 0 unspecified atom stereocenters. The molecule has 172 valence electrons. The van der Waals surface area contributed by atoms with Gasteiger partial charge >= 0.3 is 0 Å². The lowest BCUT2D eigenvalue weighted by Gasteiger charge is -2.29. The first-order valence-electron chi connectivity index (χ1n) is 10.4. The number of nitrogens with zero attached hydrogens (tertiary/aromatic N) is 2. The number of benzene rings is 2. The number of nitrogens with one attached hydrogen (secondary N) is 2. The zero-order valence-electron chi connectivity index (χ0n) is 17.8. The monoisotopic (exact) mass is 454 g/mol. The maximum absolute atomic E-state index is 13.5. The van der Waals surface area contributed by atoms with Crippen molar-refractivity contribution < 1.29 is 18.3 Å². The van der Waals surface area contributed by atoms with Gasteiger partial charge in [0, 0.05) is 43.7 Å². The van der Waals surface area contributed by atoms with Crippen LogP contribution in [0.2, 0.25) is 0 Å². The summed E-state index contributed by atoms with van der Waals surface area (Å²) in [6.45, 7) is 3.02. The van der Waals surface area contributed by atoms with Crippen LogP contribution in [0, 0.1) is 11.6 Å². The molecular weight excluding hydrogens is 430 g/mol. The Bertz CT molecular complexity index is 1150. The van der Waals surface area contributed by atoms with E-state index >= 15 is 0 Å². The van der Waals surface area contributed by atoms with Crippen molar-refractivity contribution in [1.29, 1.82) is 0 Å². The molecule has 4 rings (SSSR count). The molecule has 1 aliphatic rings. The Morgan fingerprint density at radius 3 is 2.45 bits per heavy atom. The van der Waals surface area contributed by atoms with Crippen molar-refractivity contribution in [3.05, 3.63) is 71.4 Å². The van der Waals surface area contributed by atoms with E-state index in [9.17, 15) is 13.6 Å². The summed E-state index contributed by atoms with van der Waals surface area (Å²) in [5, 5.41) is 6.13. The molecule has 3 aromatic rings. The number of hydrogen-bond acceptors (Lipinski definition) is 7. The van der Waals surface area contributed by atoms with Gasteiger partial charge in [-0.15, -0.1) is 0 Å². The molecule has 8 nitrogen and oxygen atoms in total. The second kappa shape index (κ2) is 9.70. The third-order valence-electron chi connectivity index (χ3n) is 5.25. The standard InChI is InChI=1S/C23H24F2N6O2/c24-15-7-14(8-16(25)9-15)12-28-21-11-22(29-13-18(21)23(27)32)30-20-2-1-17(10-19(20)26)31-3-5-33-6-4-31/h1-2,7-11,13H,3-6,12,26H2,(H2,27,32)(H2,28,29,30). The molecule has 0 aliphatic carbocycles. The molecule has 0 atom stereocenters. The quantitative estimate of drug-likeness (QED) is 0.405. The van der Waals surface area contributed by atoms with Gasteiger partial charge in [0.25, 0.3) is 5.91 Å². The smallest absolute Gasteiger partial charge is 0.252 e. The third-order valence-corrected chi connectivity index (χ3v) is 5.25. The lowest BCUT2D eigenvalue weighted by Crippen LogP contribution is -2.36. The number of anilines is 5. The predicted octanol–water partition coefficient (Wildman–Crippen LogP) is 3.23. The minimum Gasteiger partial charge on any atom is -0.397 e. The SMILES string of the molecule is NC(=O)c1cnc(Nc2ccc(N3CCOCC3)cc2N)cc1NCc1cc(F)cc(F)c1. The summed E-state index contributed by atoms with van der Waals surface area (Å²) < 4.78 is 32.3. The van der Waals surface area contributed by atoms with Gasteiger partial charge in [0.2, 0.25) is 0 Å². The van der Waals surface area contributed by atoms with E-state index in [1.54, 1.807) is 6.07 Å². The topological polar surface area (TPSA) is 119 Å². The maximum Gasteiger partial charge on any atom is 0.252 e. The van der Waals surface area contributed by atoms with E-state index in [2.05, 4.69) is 20.5 Å². The van der Waals surface area contributed by atoms with E-state index < -0.39 is 17.5 Å². The van der Waals surface area contributed by atoms with Crippen LogP contribution in [0.1, 0.15) is 15.9 Å². The number of primary amides is 1. The van der Waals surface area contributed by atoms with Crippen molar-refractivity contribution >= 4 is 34.5 Å². The van der Waals surface area contributed by atoms with Gasteiger partial charge in [0.1, 0.15) is 17.5 Å². The zero-order valence-corrected chi connectivity index (χ0v) is 17.8. The molecule has 2 heterocycles. The fraction of sp³-hybridized carbons (Fsp3) is 0.217. The summed E-state index contributed by atoms with van der Waals surface area (Å²) in [6.07, 6.45) is 1.33. The number of aromatic nitrogens is 1. The van der Waals surface area contributed by atoms with Crippen LogP contribution in [-0.4, -0.2) is 37.2 Å². The highest BCUT2D eigenvalue weighted by Crippen LogP contribution is 2.29. The fourth-order valence-electron chi connectivity index (χ4n) is 3.60. The van der Waals surface area contributed by atoms with Gasteiger partial charge < -0.3 is 31.7 Å². The van der Waals surface area contributed by atoms with Crippen molar-refractivity contribution in [3.8, 4) is 0 Å². The van der Waals surface area contributed by atoms with E-state index in [1.807, 2.05) is 18.2 Å². The van der Waals surface area contributed by atoms with Crippen LogP contribution in [0.4, 0.5) is 37.3 Å². The number of carbonyl (C=O) groups is 1. The molecule has 1 fully saturated rings. The Labute approximate surface area is 189 Å². The Balaban J connectivity index is 1.52. The summed E-state index contributed by atoms with van der Waals surface area (Å²) in [7, 11) is 0. The molecule has 1 saturated heterocycles. The summed E-state index contributed by atoms with van der Waals surface area (Å²) in [6, 6.07) is 10.5. The van der Waals surface area contributed by atoms with E-state index in [4.69, 9.17) is 16.2 Å². The van der Waals surface area contributed by atoms with E-state index in [0.29, 0.717) is 41.7 Å². The molecular formula is C23H24F2N6O2. The second-order valence-corrected chi connectivity index (χ2v) is 7.61. The van der Waals surface area contributed by atoms with Gasteiger partial charge in [-0.05, 0) is 35.9 Å². The van der Waals surface area contributed by atoms with E-state index in [1.165, 1.54) is 18.3 Å². The van der Waals surface area contributed by atoms with Crippen molar-refractivity contribution in [3.63, 3.8) is 0 Å². The number of morpholine rings is 1. The Hall–Kier alpha value is -3.92. The highest BCUT2D eigenvalue weighted by molar-refractivity contribution is 5.98. The highest BCUT2D eigenvalue weighted by Gasteiger charge is 2.14. The molecule has 0 radical (unpaired) electrons. The molecule has 0 saturated carbocycles. The first-order valence-corrected chi connectivity index (χ1v) is 10.4. The van der Waals surface area contributed by atoms with Crippen LogP contribution in [0.25, 0.3) is 0 Å². The minimum absolute atomic E-state index is 0.0782. The molecule has 33 heavy (non-hydrogen) atoms. The Morgan fingerprint density at radius 2 is 1.79 bits per heavy atom. The van der Waals surface area contributed by atoms with Crippen LogP contribution >= 0.6 is 0 Å². The van der Waals surface area contributed by atoms with Gasteiger partial charge in [-0.1, -0.05) is 0 Å². The highest BCUT2D eigenvalue weighted by atomic mass is 19.1. The number of nitrogens with two attached hydrogens (primary N) is 2. The van der Waals surface area contributed by atoms with Crippen LogP contribution in [-0.2, 0) is 11.3 Å². The lowest BCUT2D eigenvalue weighted by molar-refractivity contribution is 0.100. The summed E-state index contributed by atoms with van der Waals surface area (Å²) >= 11 is 0. The second-order valence-electron chi connectivity index (χ2n) is 7.61. The predicted molar refractivity (Wildman–Crippen MR) is 124 cm³/mol. The molecule has 1 amide bonds. The number of ether oxygens (including phenoxy) is 1. The van der Waals surface area contributed by atoms with Crippen LogP contribution in [0.5, 0.6) is 0 Å². The average molecular weight is 454 g/mol. The first-order chi connectivity index (χ1) is 15.9. The fourth-order valence-corrected chi connectivity index (χ4v) is 3.60. The van der Waals surface area contributed by atoms with Gasteiger partial charge in [0.05, 0.1) is 35.8 Å². The van der Waals surface area contributed by atoms with Gasteiger partial charge in [-0.3, -0.25) is 4.79 Å². The zero-order chi connectivity index (χ0) is 23.4. The number of rotatable bonds is 7. The normalized spacial score (nSPS) is 13.6. The maximum atomic E-state index is 13.5. The van der Waals surface area contributed by atoms with Gasteiger partial charge in [0.15, 0.2) is 0 Å². The third kappa shape index (κ3) is 5.47. The Morgan fingerprint density at radius 1 is 1.06 bits per heavy atom. The van der Waals surface area contributed by atoms with Crippen molar-refractivity contribution in [2.45, 2.75) is 6.54 Å². The van der Waals surface area contributed by atoms with E-state index in [-0.39, 0.29) is 12.1 Å². The average Bonchev–Trinajstić information content (AvgIpc) is 2.79. The summed E-state index contributed by atoms with van der Waals surface area (Å²) in [5.74, 6) is -1.64. The summed E-state index contributed by atoms with van der Waals surface area (Å²) in [5.41, 5.74) is 14.8. The number of pyridine rings is 1. The van der Waals surface area contributed by atoms with Crippen molar-refractivity contribution in [1.82, 2.24) is 4.98 Å². The van der Waals surface area contributed by atoms with Crippen molar-refractivity contribution in [2.24, 2.45) is 5.73 Å². The molecule has 0 bridgehead atoms. The van der Waals surface area contributed by atoms with Crippen LogP contribution < -0.4 is 27.0 Å². The largest absolute Gasteiger partial charge is 0.397 e. The number of halogens is 2.